The Kier molecular flexibility index (Phi) is 6.47. The van der Waals surface area contributed by atoms with Crippen LogP contribution in [0.2, 0.25) is 0 Å². The molecule has 6 nitrogen and oxygen atoms in total. The summed E-state index contributed by atoms with van der Waals surface area (Å²) < 4.78 is 5.09. The second-order valence-electron chi connectivity index (χ2n) is 5.12. The van der Waals surface area contributed by atoms with Gasteiger partial charge < -0.3 is 15.4 Å². The molecule has 0 fully saturated rings. The lowest BCUT2D eigenvalue weighted by molar-refractivity contribution is -0.115. The van der Waals surface area contributed by atoms with Crippen molar-refractivity contribution in [3.63, 3.8) is 0 Å². The van der Waals surface area contributed by atoms with Crippen molar-refractivity contribution in [3.05, 3.63) is 54.1 Å². The first kappa shape index (κ1) is 18.4. The van der Waals surface area contributed by atoms with Crippen LogP contribution < -0.4 is 20.7 Å². The molecule has 0 saturated carbocycles. The zero-order chi connectivity index (χ0) is 18.2. The van der Waals surface area contributed by atoms with Crippen molar-refractivity contribution in [1.82, 2.24) is 5.32 Å². The van der Waals surface area contributed by atoms with Crippen LogP contribution >= 0.6 is 12.2 Å². The zero-order valence-electron chi connectivity index (χ0n) is 14.0. The van der Waals surface area contributed by atoms with Crippen LogP contribution in [0, 0.1) is 0 Å². The summed E-state index contributed by atoms with van der Waals surface area (Å²) in [6, 6.07) is 13.8. The lowest BCUT2D eigenvalue weighted by Crippen LogP contribution is -2.34. The van der Waals surface area contributed by atoms with E-state index in [0.717, 1.165) is 0 Å². The first-order valence-corrected chi connectivity index (χ1v) is 8.09. The first-order valence-electron chi connectivity index (χ1n) is 7.68. The molecule has 0 aliphatic heterocycles. The van der Waals surface area contributed by atoms with Gasteiger partial charge in [0.15, 0.2) is 5.11 Å². The summed E-state index contributed by atoms with van der Waals surface area (Å²) in [4.78, 5) is 23.5. The van der Waals surface area contributed by atoms with Crippen molar-refractivity contribution in [2.45, 2.75) is 13.3 Å². The number of carbonyl (C=O) groups is 2. The summed E-state index contributed by atoms with van der Waals surface area (Å²) in [6.07, 6.45) is 0.417. The number of hydrogen-bond donors (Lipinski definition) is 3. The molecule has 2 amide bonds. The minimum absolute atomic E-state index is 0.0539. The van der Waals surface area contributed by atoms with Crippen molar-refractivity contribution in [3.8, 4) is 5.75 Å². The quantitative estimate of drug-likeness (QED) is 0.716. The van der Waals surface area contributed by atoms with Gasteiger partial charge in [0.1, 0.15) is 5.75 Å². The minimum Gasteiger partial charge on any atom is -0.497 e. The van der Waals surface area contributed by atoms with E-state index in [9.17, 15) is 9.59 Å². The molecule has 0 radical (unpaired) electrons. The number of rotatable bonds is 5. The molecule has 0 atom stereocenters. The topological polar surface area (TPSA) is 79.5 Å². The molecule has 0 saturated heterocycles. The molecule has 3 N–H and O–H groups in total. The minimum atomic E-state index is -0.330. The molecule has 0 aliphatic rings. The largest absolute Gasteiger partial charge is 0.497 e. The fraction of sp³-hybridized carbons (Fsp3) is 0.167. The molecule has 0 heterocycles. The van der Waals surface area contributed by atoms with Crippen LogP contribution in [0.25, 0.3) is 0 Å². The lowest BCUT2D eigenvalue weighted by atomic mass is 10.2. The highest BCUT2D eigenvalue weighted by atomic mass is 32.1. The second-order valence-corrected chi connectivity index (χ2v) is 5.53. The van der Waals surface area contributed by atoms with E-state index < -0.39 is 0 Å². The van der Waals surface area contributed by atoms with Crippen LogP contribution in [0.4, 0.5) is 11.4 Å². The fourth-order valence-electron chi connectivity index (χ4n) is 1.99. The van der Waals surface area contributed by atoms with Gasteiger partial charge >= 0.3 is 0 Å². The zero-order valence-corrected chi connectivity index (χ0v) is 14.8. The van der Waals surface area contributed by atoms with E-state index in [4.69, 9.17) is 17.0 Å². The summed E-state index contributed by atoms with van der Waals surface area (Å²) in [6.45, 7) is 1.79. The number of hydrogen-bond acceptors (Lipinski definition) is 4. The molecule has 2 aromatic rings. The van der Waals surface area contributed by atoms with E-state index in [0.29, 0.717) is 29.1 Å². The smallest absolute Gasteiger partial charge is 0.257 e. The third-order valence-corrected chi connectivity index (χ3v) is 3.51. The molecule has 7 heteroatoms. The molecule has 0 unspecified atom stereocenters. The van der Waals surface area contributed by atoms with Crippen LogP contribution in [-0.2, 0) is 4.79 Å². The van der Waals surface area contributed by atoms with E-state index in [1.807, 2.05) is 0 Å². The van der Waals surface area contributed by atoms with E-state index >= 15 is 0 Å². The molecule has 0 bridgehead atoms. The lowest BCUT2D eigenvalue weighted by Gasteiger charge is -2.11. The standard InChI is InChI=1S/C18H19N3O3S/c1-3-16(22)19-13-7-9-14(10-8-13)20-18(25)21-17(23)12-5-4-6-15(11-12)24-2/h4-11H,3H2,1-2H3,(H,19,22)(H2,20,21,23,25). The summed E-state index contributed by atoms with van der Waals surface area (Å²) in [5, 5.41) is 8.46. The maximum atomic E-state index is 12.2. The normalized spacial score (nSPS) is 9.84. The number of benzene rings is 2. The maximum Gasteiger partial charge on any atom is 0.257 e. The number of anilines is 2. The maximum absolute atomic E-state index is 12.2. The van der Waals surface area contributed by atoms with E-state index in [1.54, 1.807) is 55.5 Å². The molecule has 0 aliphatic carbocycles. The van der Waals surface area contributed by atoms with E-state index in [1.165, 1.54) is 7.11 Å². The van der Waals surface area contributed by atoms with E-state index in [-0.39, 0.29) is 16.9 Å². The van der Waals surface area contributed by atoms with Gasteiger partial charge in [0.25, 0.3) is 5.91 Å². The summed E-state index contributed by atoms with van der Waals surface area (Å²) in [5.74, 6) is 0.209. The third-order valence-electron chi connectivity index (χ3n) is 3.31. The van der Waals surface area contributed by atoms with Gasteiger partial charge in [-0.1, -0.05) is 13.0 Å². The number of carbonyl (C=O) groups excluding carboxylic acids is 2. The molecule has 130 valence electrons. The summed E-state index contributed by atoms with van der Waals surface area (Å²) in [7, 11) is 1.54. The number of nitrogens with one attached hydrogen (secondary N) is 3. The van der Waals surface area contributed by atoms with Gasteiger partial charge in [-0.15, -0.1) is 0 Å². The van der Waals surface area contributed by atoms with Gasteiger partial charge in [0, 0.05) is 23.4 Å². The molecule has 0 spiro atoms. The fourth-order valence-corrected chi connectivity index (χ4v) is 2.20. The second kappa shape index (κ2) is 8.79. The molecule has 2 rings (SSSR count). The Balaban J connectivity index is 1.93. The summed E-state index contributed by atoms with van der Waals surface area (Å²) in [5.41, 5.74) is 1.84. The Labute approximate surface area is 151 Å². The third kappa shape index (κ3) is 5.58. The van der Waals surface area contributed by atoms with Crippen molar-refractivity contribution in [1.29, 1.82) is 0 Å². The predicted molar refractivity (Wildman–Crippen MR) is 102 cm³/mol. The Morgan fingerprint density at radius 1 is 1.04 bits per heavy atom. The van der Waals surface area contributed by atoms with Crippen molar-refractivity contribution in [2.75, 3.05) is 17.7 Å². The number of thiocarbonyl (C=S) groups is 1. The van der Waals surface area contributed by atoms with Crippen molar-refractivity contribution < 1.29 is 14.3 Å². The highest BCUT2D eigenvalue weighted by molar-refractivity contribution is 7.80. The average molecular weight is 357 g/mol. The van der Waals surface area contributed by atoms with E-state index in [2.05, 4.69) is 16.0 Å². The van der Waals surface area contributed by atoms with Gasteiger partial charge in [-0.05, 0) is 54.7 Å². The van der Waals surface area contributed by atoms with Crippen LogP contribution in [-0.4, -0.2) is 24.0 Å². The number of ether oxygens (including phenoxy) is 1. The first-order chi connectivity index (χ1) is 12.0. The molecular weight excluding hydrogens is 338 g/mol. The Hall–Kier alpha value is -2.93. The molecular formula is C18H19N3O3S. The van der Waals surface area contributed by atoms with Crippen LogP contribution in [0.5, 0.6) is 5.75 Å². The van der Waals surface area contributed by atoms with Gasteiger partial charge in [0.2, 0.25) is 5.91 Å². The predicted octanol–water partition coefficient (Wildman–Crippen LogP) is 3.17. The van der Waals surface area contributed by atoms with Gasteiger partial charge in [0.05, 0.1) is 7.11 Å². The number of amides is 2. The van der Waals surface area contributed by atoms with Crippen LogP contribution in [0.3, 0.4) is 0 Å². The highest BCUT2D eigenvalue weighted by Gasteiger charge is 2.09. The highest BCUT2D eigenvalue weighted by Crippen LogP contribution is 2.14. The van der Waals surface area contributed by atoms with Crippen LogP contribution in [0.15, 0.2) is 48.5 Å². The Bertz CT molecular complexity index is 775. The van der Waals surface area contributed by atoms with Crippen LogP contribution in [0.1, 0.15) is 23.7 Å². The van der Waals surface area contributed by atoms with Gasteiger partial charge in [-0.25, -0.2) is 0 Å². The molecule has 0 aromatic heterocycles. The summed E-state index contributed by atoms with van der Waals surface area (Å²) >= 11 is 5.15. The van der Waals surface area contributed by atoms with Crippen molar-refractivity contribution in [2.24, 2.45) is 0 Å². The number of methoxy groups -OCH3 is 1. The van der Waals surface area contributed by atoms with Crippen molar-refractivity contribution >= 4 is 40.5 Å². The Morgan fingerprint density at radius 3 is 2.28 bits per heavy atom. The van der Waals surface area contributed by atoms with Gasteiger partial charge in [-0.3, -0.25) is 14.9 Å². The monoisotopic (exact) mass is 357 g/mol. The molecule has 25 heavy (non-hydrogen) atoms. The SMILES string of the molecule is CCC(=O)Nc1ccc(NC(=S)NC(=O)c2cccc(OC)c2)cc1. The average Bonchev–Trinajstić information content (AvgIpc) is 2.63. The van der Waals surface area contributed by atoms with Gasteiger partial charge in [-0.2, -0.15) is 0 Å². The Morgan fingerprint density at radius 2 is 1.68 bits per heavy atom. The molecule has 2 aromatic carbocycles.